The van der Waals surface area contributed by atoms with Crippen LogP contribution in [0.3, 0.4) is 0 Å². The molecule has 0 unspecified atom stereocenters. The highest BCUT2D eigenvalue weighted by molar-refractivity contribution is 6.31. The molecule has 5 heterocycles. The second-order valence-electron chi connectivity index (χ2n) is 10.3. The lowest BCUT2D eigenvalue weighted by Gasteiger charge is -2.31. The van der Waals surface area contributed by atoms with Crippen LogP contribution in [0.4, 0.5) is 8.78 Å². The van der Waals surface area contributed by atoms with E-state index < -0.39 is 36.1 Å². The molecule has 3 saturated heterocycles. The zero-order chi connectivity index (χ0) is 28.0. The van der Waals surface area contributed by atoms with Crippen molar-refractivity contribution < 1.29 is 37.6 Å². The van der Waals surface area contributed by atoms with E-state index in [1.807, 2.05) is 0 Å². The summed E-state index contributed by atoms with van der Waals surface area (Å²) in [6.07, 6.45) is -0.746. The number of imidazole rings is 1. The van der Waals surface area contributed by atoms with Crippen LogP contribution in [0.15, 0.2) is 18.2 Å². The van der Waals surface area contributed by atoms with E-state index in [0.29, 0.717) is 47.8 Å². The summed E-state index contributed by atoms with van der Waals surface area (Å²) in [5, 5.41) is 10.2. The third-order valence-corrected chi connectivity index (χ3v) is 7.97. The minimum atomic E-state index is -0.708. The van der Waals surface area contributed by atoms with Gasteiger partial charge < -0.3 is 33.9 Å². The Morgan fingerprint density at radius 2 is 1.82 bits per heavy atom. The first-order chi connectivity index (χ1) is 19.2. The van der Waals surface area contributed by atoms with Gasteiger partial charge in [0.05, 0.1) is 29.4 Å². The second kappa shape index (κ2) is 11.1. The normalized spacial score (nSPS) is 25.0. The Morgan fingerprint density at radius 1 is 1.10 bits per heavy atom. The van der Waals surface area contributed by atoms with Gasteiger partial charge in [-0.2, -0.15) is 4.98 Å². The number of carbonyl (C=O) groups excluding carboxylic acids is 1. The Morgan fingerprint density at radius 3 is 2.55 bits per heavy atom. The summed E-state index contributed by atoms with van der Waals surface area (Å²) in [6.45, 7) is 3.07. The molecule has 0 bridgehead atoms. The number of likely N-dealkylation sites (tertiary alicyclic amines) is 1. The smallest absolute Gasteiger partial charge is 0.296 e. The van der Waals surface area contributed by atoms with Gasteiger partial charge in [0.25, 0.3) is 6.01 Å². The predicted octanol–water partition coefficient (Wildman–Crippen LogP) is 2.97. The lowest BCUT2D eigenvalue weighted by Crippen LogP contribution is -2.40. The molecule has 6 rings (SSSR count). The Bertz CT molecular complexity index is 1390. The number of amides is 1. The average molecular weight is 579 g/mol. The van der Waals surface area contributed by atoms with Gasteiger partial charge in [-0.1, -0.05) is 11.6 Å². The number of hydrogen-bond acceptors (Lipinski definition) is 8. The fourth-order valence-corrected chi connectivity index (χ4v) is 5.71. The summed E-state index contributed by atoms with van der Waals surface area (Å²) >= 11 is 6.43. The highest BCUT2D eigenvalue weighted by Gasteiger charge is 2.48. The van der Waals surface area contributed by atoms with Crippen LogP contribution < -0.4 is 9.47 Å². The highest BCUT2D eigenvalue weighted by Crippen LogP contribution is 2.31. The molecule has 2 aromatic heterocycles. The number of pyridine rings is 1. The summed E-state index contributed by atoms with van der Waals surface area (Å²) in [4.78, 5) is 25.1. The number of nitrogens with one attached hydrogen (secondary N) is 1. The van der Waals surface area contributed by atoms with Gasteiger partial charge in [-0.25, -0.2) is 13.8 Å². The fraction of sp³-hybridized carbons (Fsp3) is 0.519. The molecule has 0 radical (unpaired) electrons. The van der Waals surface area contributed by atoms with Crippen LogP contribution in [0.2, 0.25) is 5.02 Å². The maximum Gasteiger partial charge on any atom is 0.296 e. The first kappa shape index (κ1) is 27.1. The van der Waals surface area contributed by atoms with E-state index >= 15 is 0 Å². The average Bonchev–Trinajstić information content (AvgIpc) is 3.60. The van der Waals surface area contributed by atoms with E-state index in [9.17, 15) is 18.7 Å². The molecule has 214 valence electrons. The number of piperidine rings is 1. The summed E-state index contributed by atoms with van der Waals surface area (Å²) in [7, 11) is 0. The number of aliphatic hydroxyl groups excluding tert-OH is 1. The van der Waals surface area contributed by atoms with Gasteiger partial charge in [0, 0.05) is 50.6 Å². The van der Waals surface area contributed by atoms with Crippen molar-refractivity contribution >= 4 is 28.7 Å². The van der Waals surface area contributed by atoms with Crippen molar-refractivity contribution in [2.75, 3.05) is 26.3 Å². The maximum atomic E-state index is 14.9. The third-order valence-electron chi connectivity index (χ3n) is 7.64. The second-order valence-corrected chi connectivity index (χ2v) is 10.7. The molecule has 3 fully saturated rings. The Labute approximate surface area is 233 Å². The number of fused-ring (bicyclic) bond motifs is 2. The number of ether oxygens (including phenoxy) is 4. The first-order valence-electron chi connectivity index (χ1n) is 13.3. The fourth-order valence-electron chi connectivity index (χ4n) is 5.46. The molecule has 0 spiro atoms. The van der Waals surface area contributed by atoms with Gasteiger partial charge in [0.1, 0.15) is 41.8 Å². The number of aliphatic hydroxyl groups is 1. The number of hydrogen-bond donors (Lipinski definition) is 2. The number of rotatable bonds is 7. The SMILES string of the molecule is CC(=O)N1CCC(Oc2cc(F)c(CCc3nc4nc(O[C@@H]5CO[C@H]6[C@@H]5OC[C@H]6O)[nH]c4cc3Cl)c(F)c2)CC1. The largest absolute Gasteiger partial charge is 0.490 e. The monoisotopic (exact) mass is 578 g/mol. The lowest BCUT2D eigenvalue weighted by atomic mass is 10.1. The molecule has 1 amide bonds. The quantitative estimate of drug-likeness (QED) is 0.439. The molecule has 1 aromatic carbocycles. The van der Waals surface area contributed by atoms with Crippen LogP contribution in [0.1, 0.15) is 31.0 Å². The number of halogens is 3. The number of benzene rings is 1. The van der Waals surface area contributed by atoms with Crippen molar-refractivity contribution in [3.8, 4) is 11.8 Å². The summed E-state index contributed by atoms with van der Waals surface area (Å²) in [6, 6.07) is 4.23. The number of H-pyrrole nitrogens is 1. The van der Waals surface area contributed by atoms with Crippen molar-refractivity contribution in [1.29, 1.82) is 0 Å². The van der Waals surface area contributed by atoms with Gasteiger partial charge in [-0.3, -0.25) is 4.79 Å². The number of carbonyl (C=O) groups is 1. The Hall–Kier alpha value is -3.06. The van der Waals surface area contributed by atoms with E-state index in [2.05, 4.69) is 15.0 Å². The molecule has 10 nitrogen and oxygen atoms in total. The van der Waals surface area contributed by atoms with Crippen LogP contribution in [0.5, 0.6) is 11.8 Å². The van der Waals surface area contributed by atoms with Crippen molar-refractivity contribution in [1.82, 2.24) is 19.9 Å². The van der Waals surface area contributed by atoms with Crippen molar-refractivity contribution in [3.63, 3.8) is 0 Å². The predicted molar refractivity (Wildman–Crippen MR) is 138 cm³/mol. The third kappa shape index (κ3) is 5.45. The van der Waals surface area contributed by atoms with Gasteiger partial charge in [0.2, 0.25) is 5.91 Å². The van der Waals surface area contributed by atoms with E-state index in [1.165, 1.54) is 19.1 Å². The molecular weight excluding hydrogens is 550 g/mol. The Balaban J connectivity index is 1.10. The number of aromatic amines is 1. The van der Waals surface area contributed by atoms with E-state index in [4.69, 9.17) is 30.5 Å². The molecule has 3 aromatic rings. The van der Waals surface area contributed by atoms with Crippen molar-refractivity contribution in [2.24, 2.45) is 0 Å². The van der Waals surface area contributed by atoms with E-state index in [-0.39, 0.29) is 55.4 Å². The minimum absolute atomic E-state index is 0.00695. The van der Waals surface area contributed by atoms with Crippen molar-refractivity contribution in [3.05, 3.63) is 46.1 Å². The lowest BCUT2D eigenvalue weighted by molar-refractivity contribution is -0.130. The summed E-state index contributed by atoms with van der Waals surface area (Å²) < 4.78 is 52.7. The first-order valence-corrected chi connectivity index (χ1v) is 13.7. The Kier molecular flexibility index (Phi) is 7.51. The van der Waals surface area contributed by atoms with Gasteiger partial charge in [-0.15, -0.1) is 0 Å². The van der Waals surface area contributed by atoms with Crippen molar-refractivity contribution in [2.45, 2.75) is 63.1 Å². The van der Waals surface area contributed by atoms with E-state index in [1.54, 1.807) is 11.0 Å². The topological polar surface area (TPSA) is 119 Å². The van der Waals surface area contributed by atoms with Gasteiger partial charge in [-0.05, 0) is 18.9 Å². The molecule has 4 atom stereocenters. The van der Waals surface area contributed by atoms with Crippen LogP contribution in [0.25, 0.3) is 11.2 Å². The summed E-state index contributed by atoms with van der Waals surface area (Å²) in [5.41, 5.74) is 1.24. The molecule has 13 heteroatoms. The van der Waals surface area contributed by atoms with Crippen LogP contribution in [0, 0.1) is 11.6 Å². The van der Waals surface area contributed by atoms with Crippen LogP contribution in [-0.2, 0) is 27.1 Å². The van der Waals surface area contributed by atoms with Crippen LogP contribution >= 0.6 is 11.6 Å². The summed E-state index contributed by atoms with van der Waals surface area (Å²) in [5.74, 6) is -1.29. The number of aromatic nitrogens is 3. The molecular formula is C27H29ClF2N4O6. The van der Waals surface area contributed by atoms with Gasteiger partial charge >= 0.3 is 0 Å². The minimum Gasteiger partial charge on any atom is -0.490 e. The zero-order valence-electron chi connectivity index (χ0n) is 21.7. The standard InChI is InChI=1S/C27H29ClF2N4O6/c1-13(35)34-6-4-14(5-7-34)39-15-8-18(29)16(19(30)9-15)2-3-20-17(28)10-21-26(31-20)33-27(32-21)40-23-12-38-24-22(36)11-37-25(23)24/h8-10,14,22-25,36H,2-7,11-12H2,1H3,(H,31,32,33)/t22-,23-,24-,25-/m1/s1. The molecule has 0 aliphatic carbocycles. The van der Waals surface area contributed by atoms with Crippen LogP contribution in [-0.4, -0.2) is 87.7 Å². The maximum absolute atomic E-state index is 14.9. The molecule has 40 heavy (non-hydrogen) atoms. The number of nitrogens with zero attached hydrogens (tertiary/aromatic N) is 3. The zero-order valence-corrected chi connectivity index (χ0v) is 22.5. The van der Waals surface area contributed by atoms with Gasteiger partial charge in [0.15, 0.2) is 11.8 Å². The molecule has 3 aliphatic rings. The number of aryl methyl sites for hydroxylation is 1. The van der Waals surface area contributed by atoms with E-state index in [0.717, 1.165) is 0 Å². The molecule has 3 aliphatic heterocycles. The highest BCUT2D eigenvalue weighted by atomic mass is 35.5. The molecule has 2 N–H and O–H groups in total. The molecule has 0 saturated carbocycles.